The molecule has 0 aromatic heterocycles. The molecule has 4 saturated carbocycles. The molecule has 2 bridgehead atoms. The Morgan fingerprint density at radius 3 is 2.29 bits per heavy atom. The van der Waals surface area contributed by atoms with Crippen molar-refractivity contribution in [1.29, 1.82) is 0 Å². The third-order valence-electron chi connectivity index (χ3n) is 10.0. The Kier molecular flexibility index (Phi) is 5.10. The lowest BCUT2D eigenvalue weighted by molar-refractivity contribution is -0.406. The number of hydrogen-bond acceptors (Lipinski definition) is 8. The maximum atomic E-state index is 14.2. The molecule has 1 heterocycles. The lowest BCUT2D eigenvalue weighted by atomic mass is 9.38. The minimum absolute atomic E-state index is 0.00538. The van der Waals surface area contributed by atoms with Crippen molar-refractivity contribution < 1.29 is 38.4 Å². The van der Waals surface area contributed by atoms with Gasteiger partial charge in [0.15, 0.2) is 11.6 Å². The van der Waals surface area contributed by atoms with Crippen molar-refractivity contribution in [3.63, 3.8) is 0 Å². The minimum atomic E-state index is -1.68. The molecule has 1 N–H and O–H groups in total. The molecule has 35 heavy (non-hydrogen) atoms. The molecule has 5 fully saturated rings. The summed E-state index contributed by atoms with van der Waals surface area (Å²) < 4.78 is 24.8. The van der Waals surface area contributed by atoms with Gasteiger partial charge in [-0.05, 0) is 44.4 Å². The second kappa shape index (κ2) is 7.17. The van der Waals surface area contributed by atoms with Gasteiger partial charge in [0.05, 0.1) is 11.5 Å². The quantitative estimate of drug-likeness (QED) is 0.465. The van der Waals surface area contributed by atoms with Crippen molar-refractivity contribution in [2.45, 2.75) is 110 Å². The summed E-state index contributed by atoms with van der Waals surface area (Å²) in [5.74, 6) is -2.81. The van der Waals surface area contributed by atoms with Crippen molar-refractivity contribution >= 4 is 17.7 Å². The fourth-order valence-electron chi connectivity index (χ4n) is 8.99. The van der Waals surface area contributed by atoms with E-state index in [1.807, 2.05) is 0 Å². The van der Waals surface area contributed by atoms with Crippen LogP contribution in [0.25, 0.3) is 0 Å². The van der Waals surface area contributed by atoms with E-state index in [0.717, 1.165) is 6.42 Å². The fraction of sp³-hybridized carbons (Fsp3) is 0.815. The number of ether oxygens (including phenoxy) is 4. The van der Waals surface area contributed by atoms with Crippen LogP contribution in [0.1, 0.15) is 74.1 Å². The Hall–Kier alpha value is -1.77. The second-order valence-corrected chi connectivity index (χ2v) is 12.8. The Morgan fingerprint density at radius 1 is 1.06 bits per heavy atom. The third-order valence-corrected chi connectivity index (χ3v) is 10.0. The van der Waals surface area contributed by atoms with Crippen molar-refractivity contribution in [3.8, 4) is 0 Å². The molecule has 5 rings (SSSR count). The molecule has 5 aliphatic rings. The van der Waals surface area contributed by atoms with E-state index in [-0.39, 0.29) is 35.1 Å². The molecule has 0 aromatic carbocycles. The maximum Gasteiger partial charge on any atom is 0.302 e. The average molecular weight is 491 g/mol. The molecule has 8 heteroatoms. The van der Waals surface area contributed by atoms with Gasteiger partial charge in [0.25, 0.3) is 0 Å². The molecule has 1 saturated heterocycles. The molecule has 4 aliphatic carbocycles. The lowest BCUT2D eigenvalue weighted by Crippen LogP contribution is -2.78. The molecular formula is C27H38O8. The van der Waals surface area contributed by atoms with Gasteiger partial charge in [0.2, 0.25) is 0 Å². The smallest absolute Gasteiger partial charge is 0.302 e. The molecule has 1 aliphatic heterocycles. The molecule has 0 radical (unpaired) electrons. The highest BCUT2D eigenvalue weighted by molar-refractivity contribution is 6.06. The molecule has 9 atom stereocenters. The number of aliphatic hydroxyl groups is 1. The zero-order valence-electron chi connectivity index (χ0n) is 21.8. The van der Waals surface area contributed by atoms with E-state index in [0.29, 0.717) is 12.8 Å². The van der Waals surface area contributed by atoms with E-state index in [2.05, 4.69) is 27.4 Å². The standard InChI is InChI=1S/C27H38O8/c1-13-21(30)27-19-11-17-23(4,5)10-9-18(33-15(3)29)25(17,8)20(27)16(32-14(2)28)12-26(13,31)22(27)35-24(6,7)34-19/h16-20,22,31H,1,9-12H2,2-8H3/t16-,17+,18-,19-,20+,22-,25+,26-,27-/m1/s1. The summed E-state index contributed by atoms with van der Waals surface area (Å²) in [7, 11) is 0. The van der Waals surface area contributed by atoms with Gasteiger partial charge < -0.3 is 24.1 Å². The van der Waals surface area contributed by atoms with Crippen molar-refractivity contribution in [3.05, 3.63) is 12.2 Å². The molecule has 194 valence electrons. The number of rotatable bonds is 2. The van der Waals surface area contributed by atoms with Gasteiger partial charge in [0, 0.05) is 37.2 Å². The summed E-state index contributed by atoms with van der Waals surface area (Å²) >= 11 is 0. The van der Waals surface area contributed by atoms with E-state index in [4.69, 9.17) is 18.9 Å². The van der Waals surface area contributed by atoms with Crippen LogP contribution in [0.4, 0.5) is 0 Å². The van der Waals surface area contributed by atoms with E-state index >= 15 is 0 Å². The number of ketones is 1. The topological polar surface area (TPSA) is 108 Å². The van der Waals surface area contributed by atoms with Crippen LogP contribution in [0, 0.1) is 28.1 Å². The summed E-state index contributed by atoms with van der Waals surface area (Å²) in [4.78, 5) is 38.8. The van der Waals surface area contributed by atoms with Crippen LogP contribution in [-0.2, 0) is 33.3 Å². The minimum Gasteiger partial charge on any atom is -0.462 e. The Bertz CT molecular complexity index is 1010. The first-order valence-electron chi connectivity index (χ1n) is 12.7. The third kappa shape index (κ3) is 2.99. The highest BCUT2D eigenvalue weighted by Gasteiger charge is 2.84. The summed E-state index contributed by atoms with van der Waals surface area (Å²) in [6.07, 6.45) is -0.777. The van der Waals surface area contributed by atoms with Gasteiger partial charge in [-0.15, -0.1) is 0 Å². The van der Waals surface area contributed by atoms with Crippen LogP contribution >= 0.6 is 0 Å². The number of fused-ring (bicyclic) bond motifs is 2. The van der Waals surface area contributed by atoms with Gasteiger partial charge >= 0.3 is 11.9 Å². The number of hydrogen-bond donors (Lipinski definition) is 1. The van der Waals surface area contributed by atoms with Crippen LogP contribution in [0.5, 0.6) is 0 Å². The summed E-state index contributed by atoms with van der Waals surface area (Å²) in [6.45, 7) is 16.8. The zero-order valence-corrected chi connectivity index (χ0v) is 21.8. The average Bonchev–Trinajstić information content (AvgIpc) is 2.81. The number of carbonyl (C=O) groups excluding carboxylic acids is 3. The highest BCUT2D eigenvalue weighted by Crippen LogP contribution is 2.74. The van der Waals surface area contributed by atoms with E-state index in [1.54, 1.807) is 13.8 Å². The van der Waals surface area contributed by atoms with Gasteiger partial charge in [-0.25, -0.2) is 0 Å². The largest absolute Gasteiger partial charge is 0.462 e. The maximum absolute atomic E-state index is 14.2. The molecule has 0 unspecified atom stereocenters. The van der Waals surface area contributed by atoms with Crippen LogP contribution in [0.3, 0.4) is 0 Å². The van der Waals surface area contributed by atoms with Crippen molar-refractivity contribution in [1.82, 2.24) is 0 Å². The monoisotopic (exact) mass is 490 g/mol. The van der Waals surface area contributed by atoms with Crippen LogP contribution in [0.2, 0.25) is 0 Å². The summed E-state index contributed by atoms with van der Waals surface area (Å²) in [6, 6.07) is 0. The second-order valence-electron chi connectivity index (χ2n) is 12.8. The zero-order chi connectivity index (χ0) is 25.9. The molecular weight excluding hydrogens is 452 g/mol. The number of Topliss-reactive ketones (excluding diaryl/α,β-unsaturated/α-hetero) is 1. The molecule has 0 amide bonds. The SMILES string of the molecule is C=C1C(=O)[C@@]23[C@H]4C[C@H]5C(C)(C)CC[C@@H](OC(C)=O)[C@@]5(C)[C@@H]2[C@H](OC(C)=O)C[C@]1(O)[C@H]3OC(C)(C)O4. The van der Waals surface area contributed by atoms with Gasteiger partial charge in [-0.1, -0.05) is 27.4 Å². The Morgan fingerprint density at radius 2 is 1.69 bits per heavy atom. The normalized spacial score (nSPS) is 49.0. The molecule has 1 spiro atoms. The van der Waals surface area contributed by atoms with Gasteiger partial charge in [0.1, 0.15) is 23.9 Å². The highest BCUT2D eigenvalue weighted by atomic mass is 16.7. The van der Waals surface area contributed by atoms with E-state index in [1.165, 1.54) is 13.8 Å². The van der Waals surface area contributed by atoms with Crippen molar-refractivity contribution in [2.24, 2.45) is 28.1 Å². The number of carbonyl (C=O) groups is 3. The predicted octanol–water partition coefficient (Wildman–Crippen LogP) is 3.09. The Balaban J connectivity index is 1.80. The molecule has 0 aromatic rings. The van der Waals surface area contributed by atoms with Gasteiger partial charge in [-0.2, -0.15) is 0 Å². The van der Waals surface area contributed by atoms with E-state index in [9.17, 15) is 19.5 Å². The Labute approximate surface area is 206 Å². The summed E-state index contributed by atoms with van der Waals surface area (Å²) in [5.41, 5.74) is -3.80. The van der Waals surface area contributed by atoms with E-state index < -0.39 is 58.5 Å². The summed E-state index contributed by atoms with van der Waals surface area (Å²) in [5, 5.41) is 11.9. The molecule has 8 nitrogen and oxygen atoms in total. The fourth-order valence-corrected chi connectivity index (χ4v) is 8.99. The van der Waals surface area contributed by atoms with Crippen molar-refractivity contribution in [2.75, 3.05) is 0 Å². The first-order chi connectivity index (χ1) is 16.0. The predicted molar refractivity (Wildman–Crippen MR) is 124 cm³/mol. The first-order valence-corrected chi connectivity index (χ1v) is 12.7. The van der Waals surface area contributed by atoms with Crippen LogP contribution in [-0.4, -0.2) is 58.6 Å². The number of esters is 2. The van der Waals surface area contributed by atoms with Crippen LogP contribution in [0.15, 0.2) is 12.2 Å². The lowest BCUT2D eigenvalue weighted by Gasteiger charge is -2.70. The first kappa shape index (κ1) is 24.9. The van der Waals surface area contributed by atoms with Crippen LogP contribution < -0.4 is 0 Å². The van der Waals surface area contributed by atoms with Gasteiger partial charge in [-0.3, -0.25) is 14.4 Å².